The number of hydrogen-bond donors (Lipinski definition) is 2. The van der Waals surface area contributed by atoms with E-state index >= 15 is 0 Å². The molecule has 1 aliphatic heterocycles. The van der Waals surface area contributed by atoms with Crippen molar-refractivity contribution in [3.05, 3.63) is 66.7 Å². The van der Waals surface area contributed by atoms with Crippen molar-refractivity contribution in [1.82, 2.24) is 0 Å². The smallest absolute Gasteiger partial charge is 0.449 e. The topological polar surface area (TPSA) is 58.9 Å². The number of benzene rings is 4. The first-order chi connectivity index (χ1) is 14.2. The molecule has 29 heavy (non-hydrogen) atoms. The van der Waals surface area contributed by atoms with Gasteiger partial charge in [-0.1, -0.05) is 82.3 Å². The number of fused-ring (bicyclic) bond motifs is 7. The summed E-state index contributed by atoms with van der Waals surface area (Å²) in [7, 11) is -1.55. The van der Waals surface area contributed by atoms with E-state index in [0.717, 1.165) is 21.5 Å². The minimum Gasteiger partial charge on any atom is -0.449 e. The highest BCUT2D eigenvalue weighted by Crippen LogP contribution is 2.52. The summed E-state index contributed by atoms with van der Waals surface area (Å²) in [6, 6.07) is 21.0. The maximum Gasteiger partial charge on any atom is 0.488 e. The maximum atomic E-state index is 9.39. The number of rotatable bonds is 1. The molecule has 0 amide bonds. The second-order valence-electron chi connectivity index (χ2n) is 6.03. The van der Waals surface area contributed by atoms with Crippen LogP contribution in [0.2, 0.25) is 0 Å². The van der Waals surface area contributed by atoms with E-state index in [1.807, 2.05) is 64.1 Å². The molecule has 0 atom stereocenters. The summed E-state index contributed by atoms with van der Waals surface area (Å²) in [4.78, 5) is 0. The van der Waals surface area contributed by atoms with E-state index in [0.29, 0.717) is 28.5 Å². The fraction of sp³-hybridized carbons (Fsp3) is 0.167. The summed E-state index contributed by atoms with van der Waals surface area (Å²) in [5.41, 5.74) is 0.357. The molecule has 0 spiro atoms. The van der Waals surface area contributed by atoms with Gasteiger partial charge in [0.05, 0.1) is 0 Å². The highest BCUT2D eigenvalue weighted by atomic mass is 16.6. The van der Waals surface area contributed by atoms with Crippen LogP contribution in [0.5, 0.6) is 23.0 Å². The second-order valence-corrected chi connectivity index (χ2v) is 6.03. The first-order valence-corrected chi connectivity index (χ1v) is 10.0. The maximum absolute atomic E-state index is 9.39. The molecule has 5 rings (SSSR count). The molecule has 148 valence electrons. The van der Waals surface area contributed by atoms with Gasteiger partial charge in [-0.2, -0.15) is 0 Å². The first-order valence-electron chi connectivity index (χ1n) is 10.0. The van der Waals surface area contributed by atoms with Crippen LogP contribution in [-0.2, 0) is 0 Å². The molecule has 1 heterocycles. The average Bonchev–Trinajstić information content (AvgIpc) is 2.80. The average molecular weight is 388 g/mol. The molecule has 0 unspecified atom stereocenters. The zero-order valence-corrected chi connectivity index (χ0v) is 17.1. The molecule has 2 N–H and O–H groups in total. The summed E-state index contributed by atoms with van der Waals surface area (Å²) in [5.74, 6) is 2.35. The van der Waals surface area contributed by atoms with Crippen LogP contribution in [0.15, 0.2) is 66.7 Å². The van der Waals surface area contributed by atoms with Crippen molar-refractivity contribution in [3.63, 3.8) is 0 Å². The Kier molecular flexibility index (Phi) is 6.42. The third-order valence-corrected chi connectivity index (χ3v) is 4.53. The summed E-state index contributed by atoms with van der Waals surface area (Å²) < 4.78 is 12.3. The van der Waals surface area contributed by atoms with Gasteiger partial charge >= 0.3 is 7.12 Å². The lowest BCUT2D eigenvalue weighted by atomic mass is 9.80. The van der Waals surface area contributed by atoms with Gasteiger partial charge < -0.3 is 19.5 Å². The van der Waals surface area contributed by atoms with E-state index < -0.39 is 7.12 Å². The van der Waals surface area contributed by atoms with Crippen molar-refractivity contribution in [2.75, 3.05) is 0 Å². The SMILES string of the molecule is CC.CC.OB(O)c1ccc2c(c1)Oc1c(c3ccccc3c3ccccc13)O2. The number of ether oxygens (including phenoxy) is 2. The van der Waals surface area contributed by atoms with Gasteiger partial charge in [-0.15, -0.1) is 0 Å². The molecule has 4 aromatic rings. The van der Waals surface area contributed by atoms with Crippen LogP contribution in [0.3, 0.4) is 0 Å². The standard InChI is InChI=1S/C20H13BO4.2C2H6/c22-21(23)12-9-10-17-18(11-12)25-20-16-8-4-2-6-14(16)13-5-1-3-7-15(13)19(20)24-17;2*1-2/h1-11,22-23H;2*1-2H3. The van der Waals surface area contributed by atoms with Gasteiger partial charge in [0.25, 0.3) is 0 Å². The fourth-order valence-corrected chi connectivity index (χ4v) is 3.35. The molecule has 0 fully saturated rings. The Balaban J connectivity index is 0.000000568. The van der Waals surface area contributed by atoms with Gasteiger partial charge in [-0.05, 0) is 28.4 Å². The Morgan fingerprint density at radius 3 is 1.52 bits per heavy atom. The predicted molar refractivity (Wildman–Crippen MR) is 121 cm³/mol. The van der Waals surface area contributed by atoms with Crippen molar-refractivity contribution < 1.29 is 19.5 Å². The molecule has 0 radical (unpaired) electrons. The summed E-state index contributed by atoms with van der Waals surface area (Å²) in [6.07, 6.45) is 0. The van der Waals surface area contributed by atoms with Crippen molar-refractivity contribution >= 4 is 34.1 Å². The molecule has 0 saturated carbocycles. The lowest BCUT2D eigenvalue weighted by Gasteiger charge is -2.24. The molecular weight excluding hydrogens is 363 g/mol. The van der Waals surface area contributed by atoms with E-state index in [1.165, 1.54) is 0 Å². The molecule has 1 aliphatic rings. The van der Waals surface area contributed by atoms with E-state index in [2.05, 4.69) is 12.1 Å². The highest BCUT2D eigenvalue weighted by molar-refractivity contribution is 6.58. The largest absolute Gasteiger partial charge is 0.488 e. The Hall–Kier alpha value is -3.02. The van der Waals surface area contributed by atoms with Gasteiger partial charge in [-0.3, -0.25) is 0 Å². The van der Waals surface area contributed by atoms with Gasteiger partial charge in [-0.25, -0.2) is 0 Å². The van der Waals surface area contributed by atoms with Crippen LogP contribution in [-0.4, -0.2) is 17.2 Å². The molecule has 5 heteroatoms. The Labute approximate surface area is 171 Å². The van der Waals surface area contributed by atoms with Gasteiger partial charge in [0.1, 0.15) is 0 Å². The molecule has 0 saturated heterocycles. The van der Waals surface area contributed by atoms with Crippen LogP contribution in [0.1, 0.15) is 27.7 Å². The fourth-order valence-electron chi connectivity index (χ4n) is 3.35. The molecule has 0 aliphatic carbocycles. The van der Waals surface area contributed by atoms with E-state index in [-0.39, 0.29) is 0 Å². The lowest BCUT2D eigenvalue weighted by molar-refractivity contribution is 0.366. The minimum absolute atomic E-state index is 0.357. The molecule has 0 aromatic heterocycles. The van der Waals surface area contributed by atoms with Crippen LogP contribution in [0.25, 0.3) is 21.5 Å². The summed E-state index contributed by atoms with van der Waals surface area (Å²) >= 11 is 0. The predicted octanol–water partition coefficient (Wildman–Crippen LogP) is 5.62. The molecular formula is C24H25BO4. The van der Waals surface area contributed by atoms with Crippen LogP contribution < -0.4 is 14.9 Å². The lowest BCUT2D eigenvalue weighted by Crippen LogP contribution is -2.29. The molecule has 4 nitrogen and oxygen atoms in total. The Morgan fingerprint density at radius 1 is 0.586 bits per heavy atom. The van der Waals surface area contributed by atoms with Crippen molar-refractivity contribution in [1.29, 1.82) is 0 Å². The Bertz CT molecular complexity index is 1140. The normalized spacial score (nSPS) is 11.0. The quantitative estimate of drug-likeness (QED) is 0.289. The van der Waals surface area contributed by atoms with Crippen molar-refractivity contribution in [3.8, 4) is 23.0 Å². The van der Waals surface area contributed by atoms with Gasteiger partial charge in [0, 0.05) is 10.8 Å². The third-order valence-electron chi connectivity index (χ3n) is 4.53. The third kappa shape index (κ3) is 3.67. The van der Waals surface area contributed by atoms with E-state index in [1.54, 1.807) is 18.2 Å². The monoisotopic (exact) mass is 388 g/mol. The van der Waals surface area contributed by atoms with Crippen LogP contribution in [0, 0.1) is 0 Å². The van der Waals surface area contributed by atoms with Crippen LogP contribution >= 0.6 is 0 Å². The van der Waals surface area contributed by atoms with Crippen molar-refractivity contribution in [2.45, 2.75) is 27.7 Å². The van der Waals surface area contributed by atoms with E-state index in [4.69, 9.17) is 9.47 Å². The Morgan fingerprint density at radius 2 is 1.03 bits per heavy atom. The van der Waals surface area contributed by atoms with Crippen molar-refractivity contribution in [2.24, 2.45) is 0 Å². The zero-order chi connectivity index (χ0) is 21.0. The minimum atomic E-state index is -1.55. The highest BCUT2D eigenvalue weighted by Gasteiger charge is 2.25. The molecule has 4 aromatic carbocycles. The van der Waals surface area contributed by atoms with Crippen LogP contribution in [0.4, 0.5) is 0 Å². The number of hydrogen-bond acceptors (Lipinski definition) is 4. The van der Waals surface area contributed by atoms with Gasteiger partial charge in [0.15, 0.2) is 23.0 Å². The van der Waals surface area contributed by atoms with Gasteiger partial charge in [0.2, 0.25) is 0 Å². The summed E-state index contributed by atoms with van der Waals surface area (Å²) in [6.45, 7) is 8.00. The second kappa shape index (κ2) is 8.99. The first kappa shape index (κ1) is 20.7. The molecule has 0 bridgehead atoms. The van der Waals surface area contributed by atoms with E-state index in [9.17, 15) is 10.0 Å². The summed E-state index contributed by atoms with van der Waals surface area (Å²) in [5, 5.41) is 22.9. The zero-order valence-electron chi connectivity index (χ0n) is 17.1.